The second kappa shape index (κ2) is 8.61. The van der Waals surface area contributed by atoms with Crippen LogP contribution in [0.4, 0.5) is 0 Å². The van der Waals surface area contributed by atoms with E-state index in [2.05, 4.69) is 5.32 Å². The zero-order valence-corrected chi connectivity index (χ0v) is 12.5. The average Bonchev–Trinajstić information content (AvgIpc) is 2.37. The first kappa shape index (κ1) is 17.5. The van der Waals surface area contributed by atoms with Gasteiger partial charge < -0.3 is 19.7 Å². The number of hydrogen-bond donors (Lipinski definition) is 1. The van der Waals surface area contributed by atoms with Crippen LogP contribution in [0.2, 0.25) is 0 Å². The van der Waals surface area contributed by atoms with Crippen LogP contribution < -0.4 is 14.8 Å². The number of hydrogen-bond acceptors (Lipinski definition) is 4. The van der Waals surface area contributed by atoms with Gasteiger partial charge in [0, 0.05) is 18.7 Å². The number of carbonyl (C=O) groups is 1. The standard InChI is InChI=1S/C13H20N2O3.ClH/c1-15(2)8-7-14-13(16)10-5-6-11(17-3)12(9-10)18-4;/h5-6,9H,7-8H2,1-4H3,(H,14,16);1H. The van der Waals surface area contributed by atoms with E-state index < -0.39 is 0 Å². The summed E-state index contributed by atoms with van der Waals surface area (Å²) >= 11 is 0. The third kappa shape index (κ3) is 5.36. The lowest BCUT2D eigenvalue weighted by atomic mass is 10.2. The van der Waals surface area contributed by atoms with Gasteiger partial charge in [-0.3, -0.25) is 4.79 Å². The average molecular weight is 289 g/mol. The van der Waals surface area contributed by atoms with Crippen LogP contribution in [0.25, 0.3) is 0 Å². The van der Waals surface area contributed by atoms with Crippen LogP contribution in [-0.4, -0.2) is 52.2 Å². The zero-order chi connectivity index (χ0) is 13.5. The number of ether oxygens (including phenoxy) is 2. The van der Waals surface area contributed by atoms with E-state index in [4.69, 9.17) is 9.47 Å². The number of halogens is 1. The lowest BCUT2D eigenvalue weighted by molar-refractivity contribution is 0.0950. The van der Waals surface area contributed by atoms with Gasteiger partial charge in [-0.15, -0.1) is 12.4 Å². The van der Waals surface area contributed by atoms with Crippen molar-refractivity contribution in [3.05, 3.63) is 23.8 Å². The number of nitrogens with zero attached hydrogens (tertiary/aromatic N) is 1. The second-order valence-corrected chi connectivity index (χ2v) is 4.13. The summed E-state index contributed by atoms with van der Waals surface area (Å²) in [6.07, 6.45) is 0. The molecule has 1 N–H and O–H groups in total. The van der Waals surface area contributed by atoms with E-state index in [1.54, 1.807) is 32.4 Å². The van der Waals surface area contributed by atoms with E-state index in [0.717, 1.165) is 6.54 Å². The lowest BCUT2D eigenvalue weighted by Gasteiger charge is -2.12. The fourth-order valence-corrected chi connectivity index (χ4v) is 1.47. The number of likely N-dealkylation sites (N-methyl/N-ethyl adjacent to an activating group) is 1. The molecule has 0 saturated carbocycles. The van der Waals surface area contributed by atoms with Crippen LogP contribution in [0.5, 0.6) is 11.5 Å². The molecule has 0 heterocycles. The van der Waals surface area contributed by atoms with Crippen LogP contribution in [0.15, 0.2) is 18.2 Å². The van der Waals surface area contributed by atoms with Gasteiger partial charge in [0.05, 0.1) is 14.2 Å². The molecule has 1 aromatic rings. The monoisotopic (exact) mass is 288 g/mol. The largest absolute Gasteiger partial charge is 0.493 e. The molecular weight excluding hydrogens is 268 g/mol. The number of methoxy groups -OCH3 is 2. The van der Waals surface area contributed by atoms with Gasteiger partial charge in [-0.05, 0) is 32.3 Å². The Balaban J connectivity index is 0.00000324. The van der Waals surface area contributed by atoms with E-state index in [-0.39, 0.29) is 18.3 Å². The third-order valence-electron chi connectivity index (χ3n) is 2.49. The summed E-state index contributed by atoms with van der Waals surface area (Å²) in [5, 5.41) is 2.84. The highest BCUT2D eigenvalue weighted by Gasteiger charge is 2.10. The summed E-state index contributed by atoms with van der Waals surface area (Å²) in [7, 11) is 7.03. The summed E-state index contributed by atoms with van der Waals surface area (Å²) in [6, 6.07) is 5.11. The number of amides is 1. The molecule has 0 aliphatic heterocycles. The predicted molar refractivity (Wildman–Crippen MR) is 77.7 cm³/mol. The van der Waals surface area contributed by atoms with Crippen molar-refractivity contribution < 1.29 is 14.3 Å². The molecule has 6 heteroatoms. The number of benzene rings is 1. The number of carbonyl (C=O) groups excluding carboxylic acids is 1. The maximum Gasteiger partial charge on any atom is 0.251 e. The van der Waals surface area contributed by atoms with Crippen LogP contribution in [0.1, 0.15) is 10.4 Å². The van der Waals surface area contributed by atoms with Crippen LogP contribution in [0.3, 0.4) is 0 Å². The molecule has 0 atom stereocenters. The SMILES string of the molecule is COc1ccc(C(=O)NCCN(C)C)cc1OC.Cl. The van der Waals surface area contributed by atoms with Gasteiger partial charge in [0.15, 0.2) is 11.5 Å². The first-order chi connectivity index (χ1) is 8.58. The molecule has 0 bridgehead atoms. The maximum atomic E-state index is 11.9. The minimum absolute atomic E-state index is 0. The Kier molecular flexibility index (Phi) is 7.95. The summed E-state index contributed by atoms with van der Waals surface area (Å²) in [5.74, 6) is 1.05. The molecule has 5 nitrogen and oxygen atoms in total. The minimum Gasteiger partial charge on any atom is -0.493 e. The Labute approximate surface area is 120 Å². The Morgan fingerprint density at radius 1 is 1.21 bits per heavy atom. The van der Waals surface area contributed by atoms with E-state index in [0.29, 0.717) is 23.6 Å². The van der Waals surface area contributed by atoms with E-state index >= 15 is 0 Å². The van der Waals surface area contributed by atoms with Gasteiger partial charge in [0.1, 0.15) is 0 Å². The molecule has 19 heavy (non-hydrogen) atoms. The topological polar surface area (TPSA) is 50.8 Å². The molecule has 1 rings (SSSR count). The molecule has 1 amide bonds. The molecule has 0 aliphatic rings. The zero-order valence-electron chi connectivity index (χ0n) is 11.7. The summed E-state index contributed by atoms with van der Waals surface area (Å²) in [6.45, 7) is 1.42. The number of nitrogens with one attached hydrogen (secondary N) is 1. The fourth-order valence-electron chi connectivity index (χ4n) is 1.47. The van der Waals surface area contributed by atoms with Crippen molar-refractivity contribution >= 4 is 18.3 Å². The van der Waals surface area contributed by atoms with Crippen molar-refractivity contribution in [1.29, 1.82) is 0 Å². The Bertz CT molecular complexity index is 411. The molecule has 0 saturated heterocycles. The van der Waals surface area contributed by atoms with E-state index in [1.165, 1.54) is 0 Å². The normalized spacial score (nSPS) is 9.74. The highest BCUT2D eigenvalue weighted by molar-refractivity contribution is 5.94. The molecule has 0 unspecified atom stereocenters. The van der Waals surface area contributed by atoms with Gasteiger partial charge in [0.25, 0.3) is 5.91 Å². The van der Waals surface area contributed by atoms with Crippen molar-refractivity contribution in [2.75, 3.05) is 41.4 Å². The van der Waals surface area contributed by atoms with Crippen LogP contribution >= 0.6 is 12.4 Å². The fraction of sp³-hybridized carbons (Fsp3) is 0.462. The van der Waals surface area contributed by atoms with E-state index in [1.807, 2.05) is 19.0 Å². The van der Waals surface area contributed by atoms with Crippen LogP contribution in [0, 0.1) is 0 Å². The molecule has 108 valence electrons. The van der Waals surface area contributed by atoms with Crippen molar-refractivity contribution in [2.24, 2.45) is 0 Å². The van der Waals surface area contributed by atoms with E-state index in [9.17, 15) is 4.79 Å². The van der Waals surface area contributed by atoms with Gasteiger partial charge >= 0.3 is 0 Å². The van der Waals surface area contributed by atoms with Crippen molar-refractivity contribution in [3.8, 4) is 11.5 Å². The molecular formula is C13H21ClN2O3. The highest BCUT2D eigenvalue weighted by atomic mass is 35.5. The van der Waals surface area contributed by atoms with Gasteiger partial charge in [-0.1, -0.05) is 0 Å². The van der Waals surface area contributed by atoms with Gasteiger partial charge in [-0.25, -0.2) is 0 Å². The van der Waals surface area contributed by atoms with Gasteiger partial charge in [0.2, 0.25) is 0 Å². The maximum absolute atomic E-state index is 11.9. The predicted octanol–water partition coefficient (Wildman–Crippen LogP) is 1.42. The third-order valence-corrected chi connectivity index (χ3v) is 2.49. The molecule has 0 spiro atoms. The summed E-state index contributed by atoms with van der Waals surface area (Å²) in [4.78, 5) is 13.9. The first-order valence-electron chi connectivity index (χ1n) is 5.73. The van der Waals surface area contributed by atoms with Crippen molar-refractivity contribution in [3.63, 3.8) is 0 Å². The molecule has 0 fully saturated rings. The minimum atomic E-state index is -0.113. The first-order valence-corrected chi connectivity index (χ1v) is 5.73. The lowest BCUT2D eigenvalue weighted by Crippen LogP contribution is -2.31. The quantitative estimate of drug-likeness (QED) is 0.860. The Morgan fingerprint density at radius 3 is 2.37 bits per heavy atom. The van der Waals surface area contributed by atoms with Crippen LogP contribution in [-0.2, 0) is 0 Å². The molecule has 1 aromatic carbocycles. The Hall–Kier alpha value is -1.46. The van der Waals surface area contributed by atoms with Crippen molar-refractivity contribution in [1.82, 2.24) is 10.2 Å². The van der Waals surface area contributed by atoms with Crippen molar-refractivity contribution in [2.45, 2.75) is 0 Å². The Morgan fingerprint density at radius 2 is 1.84 bits per heavy atom. The molecule has 0 aromatic heterocycles. The summed E-state index contributed by atoms with van der Waals surface area (Å²) in [5.41, 5.74) is 0.561. The molecule has 0 radical (unpaired) electrons. The highest BCUT2D eigenvalue weighted by Crippen LogP contribution is 2.27. The number of rotatable bonds is 6. The van der Waals surface area contributed by atoms with Gasteiger partial charge in [-0.2, -0.15) is 0 Å². The molecule has 0 aliphatic carbocycles. The summed E-state index contributed by atoms with van der Waals surface area (Å²) < 4.78 is 10.3. The second-order valence-electron chi connectivity index (χ2n) is 4.13. The smallest absolute Gasteiger partial charge is 0.251 e.